The first-order chi connectivity index (χ1) is 7.81. The van der Waals surface area contributed by atoms with Crippen molar-refractivity contribution in [3.8, 4) is 0 Å². The number of aryl methyl sites for hydroxylation is 1. The van der Waals surface area contributed by atoms with Gasteiger partial charge >= 0.3 is 0 Å². The number of halogens is 1. The molecule has 90 valence electrons. The van der Waals surface area contributed by atoms with Crippen LogP contribution in [0.3, 0.4) is 0 Å². The van der Waals surface area contributed by atoms with Gasteiger partial charge in [0.15, 0.2) is 0 Å². The van der Waals surface area contributed by atoms with E-state index in [-0.39, 0.29) is 0 Å². The number of aromatic nitrogens is 3. The third-order valence-corrected chi connectivity index (χ3v) is 3.23. The van der Waals surface area contributed by atoms with Crippen molar-refractivity contribution in [2.45, 2.75) is 39.2 Å². The summed E-state index contributed by atoms with van der Waals surface area (Å²) >= 11 is 6.05. The Morgan fingerprint density at radius 1 is 1.50 bits per heavy atom. The molecule has 0 amide bonds. The Morgan fingerprint density at radius 2 is 2.38 bits per heavy atom. The summed E-state index contributed by atoms with van der Waals surface area (Å²) in [6.07, 6.45) is 4.36. The second-order valence-electron chi connectivity index (χ2n) is 4.33. The first-order valence-electron chi connectivity index (χ1n) is 5.96. The number of nitrogens with zero attached hydrogens (tertiary/aromatic N) is 3. The van der Waals surface area contributed by atoms with Gasteiger partial charge in [-0.1, -0.05) is 6.92 Å². The Kier molecular flexibility index (Phi) is 4.18. The lowest BCUT2D eigenvalue weighted by molar-refractivity contribution is 0.0480. The van der Waals surface area contributed by atoms with Crippen LogP contribution in [0.2, 0.25) is 5.28 Å². The Labute approximate surface area is 101 Å². The average Bonchev–Trinajstić information content (AvgIpc) is 2.64. The van der Waals surface area contributed by atoms with Crippen LogP contribution in [0.1, 0.15) is 32.0 Å². The van der Waals surface area contributed by atoms with Crippen molar-refractivity contribution >= 4 is 11.6 Å². The van der Waals surface area contributed by atoms with Crippen molar-refractivity contribution in [2.75, 3.05) is 13.2 Å². The molecule has 0 saturated carbocycles. The first kappa shape index (κ1) is 11.9. The molecule has 4 nitrogen and oxygen atoms in total. The third-order valence-electron chi connectivity index (χ3n) is 2.95. The predicted octanol–water partition coefficient (Wildman–Crippen LogP) is 2.31. The molecular weight excluding hydrogens is 226 g/mol. The molecule has 0 spiro atoms. The lowest BCUT2D eigenvalue weighted by Crippen LogP contribution is -2.23. The highest BCUT2D eigenvalue weighted by Gasteiger charge is 2.18. The molecule has 0 aliphatic carbocycles. The number of hydrogen-bond acceptors (Lipinski definition) is 3. The second kappa shape index (κ2) is 5.64. The fourth-order valence-electron chi connectivity index (χ4n) is 2.11. The number of hydrogen-bond donors (Lipinski definition) is 0. The number of ether oxygens (including phenoxy) is 1. The molecule has 1 fully saturated rings. The third kappa shape index (κ3) is 2.74. The summed E-state index contributed by atoms with van der Waals surface area (Å²) in [5.74, 6) is 1.55. The van der Waals surface area contributed by atoms with Gasteiger partial charge in [0.05, 0.1) is 6.61 Å². The highest BCUT2D eigenvalue weighted by Crippen LogP contribution is 2.19. The van der Waals surface area contributed by atoms with Gasteiger partial charge in [0.2, 0.25) is 5.28 Å². The Hall–Kier alpha value is -0.610. The van der Waals surface area contributed by atoms with E-state index in [0.717, 1.165) is 44.8 Å². The SMILES string of the molecule is CCCc1nnc(Cl)n1CC1CCCOC1. The molecule has 1 aliphatic heterocycles. The molecule has 2 rings (SSSR count). The van der Waals surface area contributed by atoms with Crippen LogP contribution in [-0.2, 0) is 17.7 Å². The van der Waals surface area contributed by atoms with E-state index >= 15 is 0 Å². The van der Waals surface area contributed by atoms with Gasteiger partial charge in [0.1, 0.15) is 5.82 Å². The van der Waals surface area contributed by atoms with Crippen molar-refractivity contribution < 1.29 is 4.74 Å². The standard InChI is InChI=1S/C11H18ClN3O/c1-2-4-10-13-14-11(12)15(10)7-9-5-3-6-16-8-9/h9H,2-8H2,1H3. The zero-order chi connectivity index (χ0) is 11.4. The maximum Gasteiger partial charge on any atom is 0.225 e. The van der Waals surface area contributed by atoms with Gasteiger partial charge < -0.3 is 9.30 Å². The van der Waals surface area contributed by atoms with E-state index in [2.05, 4.69) is 17.1 Å². The van der Waals surface area contributed by atoms with E-state index in [4.69, 9.17) is 16.3 Å². The fraction of sp³-hybridized carbons (Fsp3) is 0.818. The molecule has 0 radical (unpaired) electrons. The van der Waals surface area contributed by atoms with Crippen LogP contribution < -0.4 is 0 Å². The topological polar surface area (TPSA) is 39.9 Å². The maximum atomic E-state index is 6.05. The smallest absolute Gasteiger partial charge is 0.225 e. The van der Waals surface area contributed by atoms with E-state index < -0.39 is 0 Å². The van der Waals surface area contributed by atoms with Crippen molar-refractivity contribution in [1.82, 2.24) is 14.8 Å². The minimum Gasteiger partial charge on any atom is -0.381 e. The van der Waals surface area contributed by atoms with E-state index in [9.17, 15) is 0 Å². The van der Waals surface area contributed by atoms with Crippen LogP contribution in [-0.4, -0.2) is 28.0 Å². The molecule has 1 aliphatic rings. The van der Waals surface area contributed by atoms with Crippen molar-refractivity contribution in [3.05, 3.63) is 11.1 Å². The fourth-order valence-corrected chi connectivity index (χ4v) is 2.32. The van der Waals surface area contributed by atoms with Gasteiger partial charge in [-0.05, 0) is 30.9 Å². The quantitative estimate of drug-likeness (QED) is 0.815. The Morgan fingerprint density at radius 3 is 3.06 bits per heavy atom. The summed E-state index contributed by atoms with van der Waals surface area (Å²) in [5, 5.41) is 8.56. The molecule has 0 aromatic carbocycles. The molecule has 16 heavy (non-hydrogen) atoms. The van der Waals surface area contributed by atoms with Crippen LogP contribution in [0.5, 0.6) is 0 Å². The van der Waals surface area contributed by atoms with E-state index in [1.54, 1.807) is 0 Å². The normalized spacial score (nSPS) is 21.2. The summed E-state index contributed by atoms with van der Waals surface area (Å²) in [7, 11) is 0. The summed E-state index contributed by atoms with van der Waals surface area (Å²) in [5.41, 5.74) is 0. The van der Waals surface area contributed by atoms with Gasteiger partial charge in [0, 0.05) is 25.5 Å². The van der Waals surface area contributed by atoms with E-state index in [0.29, 0.717) is 11.2 Å². The summed E-state index contributed by atoms with van der Waals surface area (Å²) in [6, 6.07) is 0. The highest BCUT2D eigenvalue weighted by atomic mass is 35.5. The van der Waals surface area contributed by atoms with Crippen LogP contribution in [0.4, 0.5) is 0 Å². The van der Waals surface area contributed by atoms with Crippen LogP contribution in [0, 0.1) is 5.92 Å². The molecule has 1 saturated heterocycles. The minimum atomic E-state index is 0.508. The summed E-state index contributed by atoms with van der Waals surface area (Å²) in [6.45, 7) is 4.76. The van der Waals surface area contributed by atoms with Gasteiger partial charge in [0.25, 0.3) is 0 Å². The van der Waals surface area contributed by atoms with Crippen molar-refractivity contribution in [1.29, 1.82) is 0 Å². The molecule has 1 aromatic rings. The molecule has 5 heteroatoms. The monoisotopic (exact) mass is 243 g/mol. The molecule has 0 N–H and O–H groups in total. The van der Waals surface area contributed by atoms with Crippen LogP contribution in [0.25, 0.3) is 0 Å². The maximum absolute atomic E-state index is 6.05. The van der Waals surface area contributed by atoms with E-state index in [1.807, 2.05) is 4.57 Å². The predicted molar refractivity (Wildman–Crippen MR) is 62.6 cm³/mol. The Balaban J connectivity index is 2.03. The number of rotatable bonds is 4. The van der Waals surface area contributed by atoms with Crippen molar-refractivity contribution in [3.63, 3.8) is 0 Å². The van der Waals surface area contributed by atoms with Crippen LogP contribution in [0.15, 0.2) is 0 Å². The lowest BCUT2D eigenvalue weighted by Gasteiger charge is -2.23. The average molecular weight is 244 g/mol. The van der Waals surface area contributed by atoms with Gasteiger partial charge in [-0.2, -0.15) is 0 Å². The molecule has 0 bridgehead atoms. The van der Waals surface area contributed by atoms with Gasteiger partial charge in [-0.25, -0.2) is 0 Å². The van der Waals surface area contributed by atoms with Crippen molar-refractivity contribution in [2.24, 2.45) is 5.92 Å². The summed E-state index contributed by atoms with van der Waals surface area (Å²) in [4.78, 5) is 0. The lowest BCUT2D eigenvalue weighted by atomic mass is 10.0. The highest BCUT2D eigenvalue weighted by molar-refractivity contribution is 6.28. The van der Waals surface area contributed by atoms with Gasteiger partial charge in [-0.15, -0.1) is 10.2 Å². The zero-order valence-corrected chi connectivity index (χ0v) is 10.4. The zero-order valence-electron chi connectivity index (χ0n) is 9.65. The van der Waals surface area contributed by atoms with Crippen LogP contribution >= 0.6 is 11.6 Å². The Bertz CT molecular complexity index is 334. The van der Waals surface area contributed by atoms with Gasteiger partial charge in [-0.3, -0.25) is 0 Å². The molecule has 1 unspecified atom stereocenters. The first-order valence-corrected chi connectivity index (χ1v) is 6.34. The minimum absolute atomic E-state index is 0.508. The molecule has 2 heterocycles. The summed E-state index contributed by atoms with van der Waals surface area (Å²) < 4.78 is 7.51. The largest absolute Gasteiger partial charge is 0.381 e. The second-order valence-corrected chi connectivity index (χ2v) is 4.67. The molecular formula is C11H18ClN3O. The van der Waals surface area contributed by atoms with E-state index in [1.165, 1.54) is 6.42 Å². The molecule has 1 atom stereocenters. The molecule has 1 aromatic heterocycles.